The van der Waals surface area contributed by atoms with E-state index in [1.165, 1.54) is 29.3 Å². The lowest BCUT2D eigenvalue weighted by Gasteiger charge is -2.03. The van der Waals surface area contributed by atoms with Gasteiger partial charge in [0.1, 0.15) is 4.88 Å². The maximum absolute atomic E-state index is 11.9. The lowest BCUT2D eigenvalue weighted by molar-refractivity contribution is 0.0607. The smallest absolute Gasteiger partial charge is 0.350 e. The molecule has 0 aliphatic carbocycles. The minimum atomic E-state index is -0.466. The highest BCUT2D eigenvalue weighted by Gasteiger charge is 2.16. The van der Waals surface area contributed by atoms with Crippen LogP contribution in [0.3, 0.4) is 0 Å². The molecule has 0 aromatic carbocycles. The third kappa shape index (κ3) is 2.40. The Morgan fingerprint density at radius 1 is 1.50 bits per heavy atom. The molecule has 0 saturated heterocycles. The van der Waals surface area contributed by atoms with E-state index in [0.29, 0.717) is 16.1 Å². The average molecular weight is 265 g/mol. The van der Waals surface area contributed by atoms with Gasteiger partial charge in [0.25, 0.3) is 5.91 Å². The Morgan fingerprint density at radius 2 is 2.28 bits per heavy atom. The average Bonchev–Trinajstić information content (AvgIpc) is 2.97. The van der Waals surface area contributed by atoms with Gasteiger partial charge in [-0.1, -0.05) is 0 Å². The number of esters is 1. The lowest BCUT2D eigenvalue weighted by Crippen LogP contribution is -2.13. The highest BCUT2D eigenvalue weighted by atomic mass is 32.1. The van der Waals surface area contributed by atoms with E-state index in [2.05, 4.69) is 15.2 Å². The van der Waals surface area contributed by atoms with Gasteiger partial charge in [-0.3, -0.25) is 9.48 Å². The maximum Gasteiger partial charge on any atom is 0.350 e. The minimum absolute atomic E-state index is 0.313. The van der Waals surface area contributed by atoms with Crippen molar-refractivity contribution in [2.24, 2.45) is 7.05 Å². The summed E-state index contributed by atoms with van der Waals surface area (Å²) in [5.41, 5.74) is 0.875. The van der Waals surface area contributed by atoms with Gasteiger partial charge in [0.2, 0.25) is 0 Å². The van der Waals surface area contributed by atoms with E-state index in [-0.39, 0.29) is 5.91 Å². The summed E-state index contributed by atoms with van der Waals surface area (Å²) in [5, 5.41) is 8.27. The van der Waals surface area contributed by atoms with E-state index in [9.17, 15) is 9.59 Å². The Balaban J connectivity index is 2.17. The molecule has 0 saturated carbocycles. The van der Waals surface area contributed by atoms with Crippen LogP contribution in [0.1, 0.15) is 20.0 Å². The molecule has 6 nitrogen and oxygen atoms in total. The summed E-state index contributed by atoms with van der Waals surface area (Å²) in [6, 6.07) is 1.66. The largest absolute Gasteiger partial charge is 0.465 e. The number of ether oxygens (including phenoxy) is 1. The number of carbonyl (C=O) groups excluding carboxylic acids is 2. The van der Waals surface area contributed by atoms with Gasteiger partial charge < -0.3 is 10.1 Å². The Labute approximate surface area is 107 Å². The summed E-state index contributed by atoms with van der Waals surface area (Å²) >= 11 is 1.21. The third-order valence-corrected chi connectivity index (χ3v) is 3.15. The third-order valence-electron chi connectivity index (χ3n) is 2.25. The van der Waals surface area contributed by atoms with Crippen molar-refractivity contribution in [1.29, 1.82) is 0 Å². The molecule has 0 bridgehead atoms. The van der Waals surface area contributed by atoms with Gasteiger partial charge in [0, 0.05) is 13.2 Å². The van der Waals surface area contributed by atoms with Crippen LogP contribution in [0.25, 0.3) is 0 Å². The van der Waals surface area contributed by atoms with E-state index >= 15 is 0 Å². The van der Waals surface area contributed by atoms with Gasteiger partial charge in [-0.25, -0.2) is 4.79 Å². The van der Waals surface area contributed by atoms with Crippen molar-refractivity contribution >= 4 is 28.9 Å². The fourth-order valence-corrected chi connectivity index (χ4v) is 2.16. The minimum Gasteiger partial charge on any atom is -0.465 e. The Morgan fingerprint density at radius 3 is 2.89 bits per heavy atom. The summed E-state index contributed by atoms with van der Waals surface area (Å²) in [4.78, 5) is 23.7. The van der Waals surface area contributed by atoms with Crippen LogP contribution < -0.4 is 5.32 Å². The first-order chi connectivity index (χ1) is 8.61. The van der Waals surface area contributed by atoms with Crippen LogP contribution in [-0.4, -0.2) is 28.8 Å². The number of hydrogen-bond donors (Lipinski definition) is 1. The van der Waals surface area contributed by atoms with Gasteiger partial charge in [-0.2, -0.15) is 5.10 Å². The Kier molecular flexibility index (Phi) is 3.42. The first-order valence-electron chi connectivity index (χ1n) is 5.07. The number of aromatic nitrogens is 2. The van der Waals surface area contributed by atoms with Crippen molar-refractivity contribution in [3.63, 3.8) is 0 Å². The number of aryl methyl sites for hydroxylation is 1. The maximum atomic E-state index is 11.9. The van der Waals surface area contributed by atoms with E-state index in [0.717, 1.165) is 0 Å². The van der Waals surface area contributed by atoms with E-state index in [1.54, 1.807) is 24.7 Å². The fourth-order valence-electron chi connectivity index (χ4n) is 1.39. The summed E-state index contributed by atoms with van der Waals surface area (Å²) in [6.07, 6.45) is 3.05. The molecule has 94 valence electrons. The number of anilines is 1. The molecular weight excluding hydrogens is 254 g/mol. The highest BCUT2D eigenvalue weighted by Crippen LogP contribution is 2.23. The van der Waals surface area contributed by atoms with Crippen LogP contribution in [0.2, 0.25) is 0 Å². The Hall–Kier alpha value is -2.15. The molecule has 7 heteroatoms. The molecule has 1 N–H and O–H groups in total. The van der Waals surface area contributed by atoms with Crippen molar-refractivity contribution in [2.75, 3.05) is 12.4 Å². The molecule has 0 aliphatic rings. The standard InChI is InChI=1S/C11H11N3O3S/c1-14-6-7(5-12-14)10(15)13-8-3-4-18-9(8)11(16)17-2/h3-6H,1-2H3,(H,13,15). The molecule has 18 heavy (non-hydrogen) atoms. The number of nitrogens with zero attached hydrogens (tertiary/aromatic N) is 2. The number of carbonyl (C=O) groups is 2. The van der Waals surface area contributed by atoms with Crippen molar-refractivity contribution in [1.82, 2.24) is 9.78 Å². The molecular formula is C11H11N3O3S. The first kappa shape index (κ1) is 12.3. The van der Waals surface area contributed by atoms with Gasteiger partial charge in [-0.05, 0) is 11.4 Å². The second-order valence-corrected chi connectivity index (χ2v) is 4.43. The second-order valence-electron chi connectivity index (χ2n) is 3.51. The van der Waals surface area contributed by atoms with Crippen LogP contribution in [0.4, 0.5) is 5.69 Å². The van der Waals surface area contributed by atoms with Crippen LogP contribution in [0.15, 0.2) is 23.8 Å². The predicted molar refractivity (Wildman–Crippen MR) is 66.8 cm³/mol. The number of hydrogen-bond acceptors (Lipinski definition) is 5. The van der Waals surface area contributed by atoms with Gasteiger partial charge in [0.05, 0.1) is 24.6 Å². The zero-order valence-corrected chi connectivity index (χ0v) is 10.7. The first-order valence-corrected chi connectivity index (χ1v) is 5.95. The molecule has 0 spiro atoms. The van der Waals surface area contributed by atoms with Crippen LogP contribution in [0, 0.1) is 0 Å². The number of rotatable bonds is 3. The van der Waals surface area contributed by atoms with Gasteiger partial charge in [-0.15, -0.1) is 11.3 Å². The van der Waals surface area contributed by atoms with Crippen molar-refractivity contribution in [3.05, 3.63) is 34.3 Å². The summed E-state index contributed by atoms with van der Waals surface area (Å²) in [6.45, 7) is 0. The van der Waals surface area contributed by atoms with Crippen molar-refractivity contribution < 1.29 is 14.3 Å². The number of nitrogens with one attached hydrogen (secondary N) is 1. The lowest BCUT2D eigenvalue weighted by atomic mass is 10.3. The van der Waals surface area contributed by atoms with Crippen LogP contribution in [-0.2, 0) is 11.8 Å². The molecule has 2 heterocycles. The van der Waals surface area contributed by atoms with E-state index in [4.69, 9.17) is 0 Å². The molecule has 0 atom stereocenters. The number of thiophene rings is 1. The van der Waals surface area contributed by atoms with Crippen molar-refractivity contribution in [2.45, 2.75) is 0 Å². The molecule has 0 fully saturated rings. The summed E-state index contributed by atoms with van der Waals surface area (Å²) in [5.74, 6) is -0.780. The molecule has 2 rings (SSSR count). The molecule has 2 aromatic rings. The zero-order chi connectivity index (χ0) is 13.1. The topological polar surface area (TPSA) is 73.2 Å². The van der Waals surface area contributed by atoms with Crippen LogP contribution >= 0.6 is 11.3 Å². The van der Waals surface area contributed by atoms with E-state index in [1.807, 2.05) is 0 Å². The molecule has 0 unspecified atom stereocenters. The summed E-state index contributed by atoms with van der Waals surface area (Å²) in [7, 11) is 3.02. The second kappa shape index (κ2) is 5.01. The van der Waals surface area contributed by atoms with Gasteiger partial charge >= 0.3 is 5.97 Å². The van der Waals surface area contributed by atoms with Crippen molar-refractivity contribution in [3.8, 4) is 0 Å². The monoisotopic (exact) mass is 265 g/mol. The normalized spacial score (nSPS) is 10.1. The molecule has 1 amide bonds. The number of methoxy groups -OCH3 is 1. The molecule has 0 aliphatic heterocycles. The highest BCUT2D eigenvalue weighted by molar-refractivity contribution is 7.12. The zero-order valence-electron chi connectivity index (χ0n) is 9.84. The molecule has 2 aromatic heterocycles. The summed E-state index contributed by atoms with van der Waals surface area (Å²) < 4.78 is 6.16. The predicted octanol–water partition coefficient (Wildman–Crippen LogP) is 1.52. The molecule has 0 radical (unpaired) electrons. The Bertz CT molecular complexity index is 588. The quantitative estimate of drug-likeness (QED) is 0.854. The SMILES string of the molecule is COC(=O)c1sccc1NC(=O)c1cnn(C)c1. The van der Waals surface area contributed by atoms with E-state index < -0.39 is 5.97 Å². The van der Waals surface area contributed by atoms with Crippen LogP contribution in [0.5, 0.6) is 0 Å². The fraction of sp³-hybridized carbons (Fsp3) is 0.182. The number of amides is 1. The van der Waals surface area contributed by atoms with Gasteiger partial charge in [0.15, 0.2) is 0 Å².